The van der Waals surface area contributed by atoms with Gasteiger partial charge in [0.2, 0.25) is 0 Å². The topological polar surface area (TPSA) is 89.4 Å². The fourth-order valence-electron chi connectivity index (χ4n) is 5.45. The second kappa shape index (κ2) is 11.8. The van der Waals surface area contributed by atoms with E-state index in [2.05, 4.69) is 10.6 Å². The normalized spacial score (nSPS) is 15.0. The van der Waals surface area contributed by atoms with Crippen molar-refractivity contribution in [3.05, 3.63) is 125 Å². The van der Waals surface area contributed by atoms with Crippen LogP contribution in [-0.4, -0.2) is 21.7 Å². The summed E-state index contributed by atoms with van der Waals surface area (Å²) in [7, 11) is 0. The number of benzene rings is 2. The highest BCUT2D eigenvalue weighted by Gasteiger charge is 2.34. The summed E-state index contributed by atoms with van der Waals surface area (Å²) < 4.78 is 9.76. The van der Waals surface area contributed by atoms with E-state index >= 15 is 0 Å². The average molecular weight is 593 g/mol. The SMILES string of the molecule is CCCC1=C(C(=O)OCC)[C@@H](c2cccs2)n2c(s/c(=C/c3cn(Cc4ccccc4C#N)c4ccccc34)c2=O)=N1. The number of rotatable bonds is 8. The number of aromatic nitrogens is 2. The Labute approximate surface area is 250 Å². The maximum Gasteiger partial charge on any atom is 0.338 e. The number of esters is 1. The number of carbonyl (C=O) groups excluding carboxylic acids is 1. The summed E-state index contributed by atoms with van der Waals surface area (Å²) in [6, 6.07) is 21.2. The molecule has 4 heterocycles. The Balaban J connectivity index is 1.53. The lowest BCUT2D eigenvalue weighted by Gasteiger charge is -2.24. The van der Waals surface area contributed by atoms with Gasteiger partial charge in [0, 0.05) is 34.1 Å². The van der Waals surface area contributed by atoms with E-state index in [0.717, 1.165) is 33.3 Å². The number of thiophene rings is 1. The highest BCUT2D eigenvalue weighted by atomic mass is 32.1. The first-order valence-corrected chi connectivity index (χ1v) is 15.5. The Hall–Kier alpha value is -4.52. The van der Waals surface area contributed by atoms with Gasteiger partial charge < -0.3 is 9.30 Å². The van der Waals surface area contributed by atoms with Gasteiger partial charge in [0.15, 0.2) is 4.80 Å². The zero-order valence-electron chi connectivity index (χ0n) is 23.2. The van der Waals surface area contributed by atoms with E-state index in [4.69, 9.17) is 9.73 Å². The monoisotopic (exact) mass is 592 g/mol. The third kappa shape index (κ3) is 4.93. The van der Waals surface area contributed by atoms with Gasteiger partial charge in [-0.1, -0.05) is 67.1 Å². The number of fused-ring (bicyclic) bond motifs is 2. The van der Waals surface area contributed by atoms with Crippen molar-refractivity contribution in [2.45, 2.75) is 39.3 Å². The number of thiazole rings is 1. The molecule has 6 rings (SSSR count). The minimum absolute atomic E-state index is 0.193. The van der Waals surface area contributed by atoms with Gasteiger partial charge in [-0.25, -0.2) is 9.79 Å². The van der Waals surface area contributed by atoms with Crippen LogP contribution in [0.2, 0.25) is 0 Å². The Kier molecular flexibility index (Phi) is 7.74. The second-order valence-corrected chi connectivity index (χ2v) is 11.9. The molecular weight excluding hydrogens is 565 g/mol. The molecule has 1 aliphatic heterocycles. The molecule has 0 N–H and O–H groups in total. The van der Waals surface area contributed by atoms with Crippen LogP contribution in [0, 0.1) is 11.3 Å². The number of nitrogens with zero attached hydrogens (tertiary/aromatic N) is 4. The lowest BCUT2D eigenvalue weighted by molar-refractivity contribution is -0.139. The number of ether oxygens (including phenoxy) is 1. The van der Waals surface area contributed by atoms with Crippen LogP contribution in [0.1, 0.15) is 54.3 Å². The van der Waals surface area contributed by atoms with Crippen molar-refractivity contribution in [3.8, 4) is 6.07 Å². The van der Waals surface area contributed by atoms with Crippen LogP contribution < -0.4 is 14.9 Å². The van der Waals surface area contributed by atoms with Crippen molar-refractivity contribution in [3.63, 3.8) is 0 Å². The summed E-state index contributed by atoms with van der Waals surface area (Å²) in [5, 5.41) is 12.6. The highest BCUT2D eigenvalue weighted by molar-refractivity contribution is 7.10. The molecule has 0 saturated carbocycles. The molecule has 0 saturated heterocycles. The van der Waals surface area contributed by atoms with E-state index in [9.17, 15) is 14.9 Å². The number of hydrogen-bond donors (Lipinski definition) is 0. The zero-order chi connectivity index (χ0) is 29.2. The van der Waals surface area contributed by atoms with E-state index in [-0.39, 0.29) is 12.2 Å². The van der Waals surface area contributed by atoms with Crippen LogP contribution in [0.3, 0.4) is 0 Å². The fourth-order valence-corrected chi connectivity index (χ4v) is 7.28. The van der Waals surface area contributed by atoms with Crippen LogP contribution in [0.25, 0.3) is 17.0 Å². The molecule has 1 aliphatic rings. The van der Waals surface area contributed by atoms with Gasteiger partial charge in [-0.2, -0.15) is 5.26 Å². The Bertz CT molecular complexity index is 2060. The van der Waals surface area contributed by atoms with E-state index in [1.54, 1.807) is 11.5 Å². The molecule has 1 atom stereocenters. The molecule has 42 heavy (non-hydrogen) atoms. The molecule has 3 aromatic heterocycles. The zero-order valence-corrected chi connectivity index (χ0v) is 24.9. The molecule has 7 nitrogen and oxygen atoms in total. The molecule has 0 unspecified atom stereocenters. The van der Waals surface area contributed by atoms with Gasteiger partial charge in [-0.15, -0.1) is 11.3 Å². The number of carbonyl (C=O) groups is 1. The molecule has 0 bridgehead atoms. The summed E-state index contributed by atoms with van der Waals surface area (Å²) >= 11 is 2.84. The van der Waals surface area contributed by atoms with E-state index in [1.165, 1.54) is 22.7 Å². The first-order valence-electron chi connectivity index (χ1n) is 13.8. The fraction of sp³-hybridized carbons (Fsp3) is 0.212. The number of hydrogen-bond acceptors (Lipinski definition) is 7. The summed E-state index contributed by atoms with van der Waals surface area (Å²) in [4.78, 5) is 33.7. The van der Waals surface area contributed by atoms with Crippen molar-refractivity contribution in [1.82, 2.24) is 9.13 Å². The molecule has 2 aromatic carbocycles. The molecule has 0 fully saturated rings. The standard InChI is InChI=1S/C33H28N4O3S2/c1-3-10-25-29(32(39)40-4-2)30(27-15-9-16-41-27)37-31(38)28(42-33(37)35-25)17-23-20-36(26-14-8-7-13-24(23)26)19-22-12-6-5-11-21(22)18-34/h5-9,11-17,20,30H,3-4,10,19H2,1-2H3/b28-17+/t30-/m1/s1. The van der Waals surface area contributed by atoms with Gasteiger partial charge in [0.25, 0.3) is 5.56 Å². The van der Waals surface area contributed by atoms with Crippen molar-refractivity contribution < 1.29 is 9.53 Å². The second-order valence-electron chi connectivity index (χ2n) is 9.93. The van der Waals surface area contributed by atoms with Crippen molar-refractivity contribution >= 4 is 45.6 Å². The average Bonchev–Trinajstić information content (AvgIpc) is 3.72. The Morgan fingerprint density at radius 1 is 1.12 bits per heavy atom. The minimum atomic E-state index is -0.590. The van der Waals surface area contributed by atoms with Crippen LogP contribution in [-0.2, 0) is 16.1 Å². The molecule has 0 amide bonds. The largest absolute Gasteiger partial charge is 0.463 e. The van der Waals surface area contributed by atoms with Crippen LogP contribution in [0.4, 0.5) is 0 Å². The summed E-state index contributed by atoms with van der Waals surface area (Å²) in [6.45, 7) is 4.60. The molecule has 5 aromatic rings. The van der Waals surface area contributed by atoms with Crippen LogP contribution in [0.5, 0.6) is 0 Å². The third-order valence-corrected chi connectivity index (χ3v) is 9.20. The quantitative estimate of drug-likeness (QED) is 0.222. The van der Waals surface area contributed by atoms with Gasteiger partial charge >= 0.3 is 5.97 Å². The van der Waals surface area contributed by atoms with Crippen molar-refractivity contribution in [1.29, 1.82) is 5.26 Å². The van der Waals surface area contributed by atoms with E-state index in [1.807, 2.05) is 85.2 Å². The van der Waals surface area contributed by atoms with Gasteiger partial charge in [-0.3, -0.25) is 9.36 Å². The molecular formula is C33H28N4O3S2. The first-order chi connectivity index (χ1) is 20.5. The molecule has 9 heteroatoms. The third-order valence-electron chi connectivity index (χ3n) is 7.29. The minimum Gasteiger partial charge on any atom is -0.463 e. The van der Waals surface area contributed by atoms with Crippen molar-refractivity contribution in [2.75, 3.05) is 6.61 Å². The van der Waals surface area contributed by atoms with E-state index < -0.39 is 12.0 Å². The predicted octanol–water partition coefficient (Wildman–Crippen LogP) is 5.51. The van der Waals surface area contributed by atoms with Crippen LogP contribution in [0.15, 0.2) is 93.3 Å². The summed E-state index contributed by atoms with van der Waals surface area (Å²) in [6.07, 6.45) is 5.36. The molecule has 0 aliphatic carbocycles. The Morgan fingerprint density at radius 3 is 2.69 bits per heavy atom. The van der Waals surface area contributed by atoms with E-state index in [0.29, 0.717) is 39.1 Å². The molecule has 0 radical (unpaired) electrons. The number of allylic oxidation sites excluding steroid dienone is 1. The number of nitriles is 1. The lowest BCUT2D eigenvalue weighted by Crippen LogP contribution is -2.39. The van der Waals surface area contributed by atoms with Crippen LogP contribution >= 0.6 is 22.7 Å². The predicted molar refractivity (Wildman–Crippen MR) is 166 cm³/mol. The summed E-state index contributed by atoms with van der Waals surface area (Å²) in [5.41, 5.74) is 4.40. The maximum atomic E-state index is 14.1. The van der Waals surface area contributed by atoms with Gasteiger partial charge in [0.1, 0.15) is 6.04 Å². The summed E-state index contributed by atoms with van der Waals surface area (Å²) in [5.74, 6) is -0.432. The maximum absolute atomic E-state index is 14.1. The van der Waals surface area contributed by atoms with Gasteiger partial charge in [-0.05, 0) is 48.6 Å². The molecule has 210 valence electrons. The van der Waals surface area contributed by atoms with Crippen molar-refractivity contribution in [2.24, 2.45) is 4.99 Å². The highest BCUT2D eigenvalue weighted by Crippen LogP contribution is 2.34. The Morgan fingerprint density at radius 2 is 1.93 bits per heavy atom. The lowest BCUT2D eigenvalue weighted by atomic mass is 9.99. The smallest absolute Gasteiger partial charge is 0.338 e. The first kappa shape index (κ1) is 27.6. The molecule has 0 spiro atoms. The number of para-hydroxylation sites is 1. The van der Waals surface area contributed by atoms with Gasteiger partial charge in [0.05, 0.1) is 34.0 Å².